The van der Waals surface area contributed by atoms with Crippen LogP contribution in [-0.2, 0) is 20.7 Å². The molecular weight excluding hydrogens is 238 g/mol. The number of carbonyl (C=O) groups excluding carboxylic acids is 1. The van der Waals surface area contributed by atoms with Crippen molar-refractivity contribution in [2.24, 2.45) is 0 Å². The Labute approximate surface area is 104 Å². The van der Waals surface area contributed by atoms with Crippen LogP contribution in [0.5, 0.6) is 0 Å². The molecule has 0 aromatic carbocycles. The van der Waals surface area contributed by atoms with Gasteiger partial charge >= 0.3 is 5.97 Å². The minimum absolute atomic E-state index is 0.00618. The normalized spacial score (nSPS) is 11.8. The van der Waals surface area contributed by atoms with Crippen LogP contribution in [0.3, 0.4) is 0 Å². The van der Waals surface area contributed by atoms with E-state index in [0.29, 0.717) is 11.4 Å². The zero-order chi connectivity index (χ0) is 13.5. The molecule has 0 radical (unpaired) electrons. The van der Waals surface area contributed by atoms with Crippen LogP contribution in [0.15, 0.2) is 18.3 Å². The predicted molar refractivity (Wildman–Crippen MR) is 63.8 cm³/mol. The molecule has 98 valence electrons. The van der Waals surface area contributed by atoms with Crippen molar-refractivity contribution in [3.05, 3.63) is 24.0 Å². The topological polar surface area (TPSA) is 115 Å². The Kier molecular flexibility index (Phi) is 5.06. The lowest BCUT2D eigenvalue weighted by molar-refractivity contribution is -0.143. The summed E-state index contributed by atoms with van der Waals surface area (Å²) in [6.07, 6.45) is 1.43. The van der Waals surface area contributed by atoms with Crippen molar-refractivity contribution in [1.29, 1.82) is 0 Å². The lowest BCUT2D eigenvalue weighted by atomic mass is 10.2. The summed E-state index contributed by atoms with van der Waals surface area (Å²) in [6, 6.07) is 2.18. The Morgan fingerprint density at radius 2 is 2.28 bits per heavy atom. The van der Waals surface area contributed by atoms with Crippen molar-refractivity contribution in [3.8, 4) is 0 Å². The van der Waals surface area contributed by atoms with Crippen molar-refractivity contribution >= 4 is 17.6 Å². The van der Waals surface area contributed by atoms with E-state index < -0.39 is 17.9 Å². The number of nitrogens with two attached hydrogens (primary N) is 1. The Morgan fingerprint density at radius 1 is 1.56 bits per heavy atom. The molecule has 7 heteroatoms. The third-order valence-corrected chi connectivity index (χ3v) is 2.16. The summed E-state index contributed by atoms with van der Waals surface area (Å²) >= 11 is 0. The van der Waals surface area contributed by atoms with Gasteiger partial charge in [0.25, 0.3) is 0 Å². The van der Waals surface area contributed by atoms with Gasteiger partial charge in [0.05, 0.1) is 24.9 Å². The van der Waals surface area contributed by atoms with Gasteiger partial charge in [-0.15, -0.1) is 0 Å². The van der Waals surface area contributed by atoms with E-state index in [1.165, 1.54) is 13.3 Å². The second-order valence-electron chi connectivity index (χ2n) is 3.67. The van der Waals surface area contributed by atoms with Crippen molar-refractivity contribution in [2.75, 3.05) is 19.5 Å². The highest BCUT2D eigenvalue weighted by Gasteiger charge is 2.19. The molecule has 0 fully saturated rings. The molecule has 1 heterocycles. The van der Waals surface area contributed by atoms with Crippen molar-refractivity contribution < 1.29 is 19.4 Å². The molecule has 0 aliphatic rings. The van der Waals surface area contributed by atoms with Gasteiger partial charge in [0.15, 0.2) is 6.04 Å². The van der Waals surface area contributed by atoms with Gasteiger partial charge in [-0.25, -0.2) is 4.79 Å². The van der Waals surface area contributed by atoms with Crippen LogP contribution in [0.25, 0.3) is 0 Å². The SMILES string of the molecule is COCC(NC(=O)Cc1ccc(N)cn1)C(=O)O. The highest BCUT2D eigenvalue weighted by Crippen LogP contribution is 2.02. The van der Waals surface area contributed by atoms with Gasteiger partial charge in [0.2, 0.25) is 5.91 Å². The fraction of sp³-hybridized carbons (Fsp3) is 0.364. The molecule has 1 aromatic heterocycles. The fourth-order valence-corrected chi connectivity index (χ4v) is 1.29. The van der Waals surface area contributed by atoms with Gasteiger partial charge in [-0.1, -0.05) is 0 Å². The summed E-state index contributed by atoms with van der Waals surface area (Å²) in [7, 11) is 1.36. The first kappa shape index (κ1) is 13.9. The molecule has 1 rings (SSSR count). The lowest BCUT2D eigenvalue weighted by Crippen LogP contribution is -2.44. The predicted octanol–water partition coefficient (Wildman–Crippen LogP) is -0.578. The van der Waals surface area contributed by atoms with Crippen LogP contribution in [0.4, 0.5) is 5.69 Å². The minimum Gasteiger partial charge on any atom is -0.480 e. The average molecular weight is 253 g/mol. The van der Waals surface area contributed by atoms with Crippen molar-refractivity contribution in [2.45, 2.75) is 12.5 Å². The molecule has 7 nitrogen and oxygen atoms in total. The standard InChI is InChI=1S/C11H15N3O4/c1-18-6-9(11(16)17)14-10(15)4-8-3-2-7(12)5-13-8/h2-3,5,9H,4,6,12H2,1H3,(H,14,15)(H,16,17). The van der Waals surface area contributed by atoms with Gasteiger partial charge < -0.3 is 20.9 Å². The van der Waals surface area contributed by atoms with Gasteiger partial charge in [-0.3, -0.25) is 9.78 Å². The zero-order valence-electron chi connectivity index (χ0n) is 9.92. The quantitative estimate of drug-likeness (QED) is 0.625. The molecule has 0 aliphatic heterocycles. The Bertz CT molecular complexity index is 419. The van der Waals surface area contributed by atoms with Gasteiger partial charge in [0, 0.05) is 12.8 Å². The molecule has 1 unspecified atom stereocenters. The highest BCUT2D eigenvalue weighted by molar-refractivity contribution is 5.84. The summed E-state index contributed by atoms with van der Waals surface area (Å²) in [5.41, 5.74) is 6.48. The third-order valence-electron chi connectivity index (χ3n) is 2.16. The summed E-state index contributed by atoms with van der Waals surface area (Å²) in [5, 5.41) is 11.2. The van der Waals surface area contributed by atoms with E-state index in [2.05, 4.69) is 10.3 Å². The number of carboxylic acid groups (broad SMARTS) is 1. The monoisotopic (exact) mass is 253 g/mol. The molecule has 1 atom stereocenters. The lowest BCUT2D eigenvalue weighted by Gasteiger charge is -2.13. The van der Waals surface area contributed by atoms with Crippen LogP contribution >= 0.6 is 0 Å². The fourth-order valence-electron chi connectivity index (χ4n) is 1.29. The molecular formula is C11H15N3O4. The molecule has 0 spiro atoms. The number of rotatable bonds is 6. The summed E-state index contributed by atoms with van der Waals surface area (Å²) in [6.45, 7) is -0.0871. The smallest absolute Gasteiger partial charge is 0.328 e. The average Bonchev–Trinajstić information content (AvgIpc) is 2.31. The van der Waals surface area contributed by atoms with E-state index in [4.69, 9.17) is 15.6 Å². The number of aromatic nitrogens is 1. The van der Waals surface area contributed by atoms with E-state index in [-0.39, 0.29) is 13.0 Å². The van der Waals surface area contributed by atoms with E-state index in [9.17, 15) is 9.59 Å². The van der Waals surface area contributed by atoms with E-state index in [1.807, 2.05) is 0 Å². The molecule has 1 amide bonds. The second kappa shape index (κ2) is 6.55. The first-order valence-electron chi connectivity index (χ1n) is 5.24. The molecule has 4 N–H and O–H groups in total. The minimum atomic E-state index is -1.14. The molecule has 1 aromatic rings. The van der Waals surface area contributed by atoms with Gasteiger partial charge in [0.1, 0.15) is 0 Å². The summed E-state index contributed by atoms with van der Waals surface area (Å²) in [4.78, 5) is 26.3. The maximum Gasteiger partial charge on any atom is 0.328 e. The van der Waals surface area contributed by atoms with Crippen LogP contribution in [0.1, 0.15) is 5.69 Å². The zero-order valence-corrected chi connectivity index (χ0v) is 9.92. The molecule has 18 heavy (non-hydrogen) atoms. The van der Waals surface area contributed by atoms with Crippen LogP contribution < -0.4 is 11.1 Å². The second-order valence-corrected chi connectivity index (χ2v) is 3.67. The first-order valence-corrected chi connectivity index (χ1v) is 5.24. The largest absolute Gasteiger partial charge is 0.480 e. The molecule has 0 bridgehead atoms. The summed E-state index contributed by atoms with van der Waals surface area (Å²) in [5.74, 6) is -1.58. The maximum absolute atomic E-state index is 11.6. The van der Waals surface area contributed by atoms with E-state index in [1.54, 1.807) is 12.1 Å². The molecule has 0 saturated carbocycles. The number of nitrogens with one attached hydrogen (secondary N) is 1. The summed E-state index contributed by atoms with van der Waals surface area (Å²) < 4.78 is 4.70. The Balaban J connectivity index is 2.54. The van der Waals surface area contributed by atoms with E-state index >= 15 is 0 Å². The van der Waals surface area contributed by atoms with Crippen molar-refractivity contribution in [3.63, 3.8) is 0 Å². The number of carboxylic acids is 1. The number of hydrogen-bond acceptors (Lipinski definition) is 5. The van der Waals surface area contributed by atoms with Crippen LogP contribution in [0, 0.1) is 0 Å². The number of anilines is 1. The van der Waals surface area contributed by atoms with Gasteiger partial charge in [-0.05, 0) is 12.1 Å². The number of nitrogen functional groups attached to an aromatic ring is 1. The maximum atomic E-state index is 11.6. The third kappa shape index (κ3) is 4.38. The van der Waals surface area contributed by atoms with Crippen LogP contribution in [0.2, 0.25) is 0 Å². The highest BCUT2D eigenvalue weighted by atomic mass is 16.5. The number of amides is 1. The van der Waals surface area contributed by atoms with Gasteiger partial charge in [-0.2, -0.15) is 0 Å². The number of ether oxygens (including phenoxy) is 1. The number of aliphatic carboxylic acids is 1. The first-order chi connectivity index (χ1) is 8.52. The van der Waals surface area contributed by atoms with Crippen molar-refractivity contribution in [1.82, 2.24) is 10.3 Å². The number of methoxy groups -OCH3 is 1. The van der Waals surface area contributed by atoms with E-state index in [0.717, 1.165) is 0 Å². The number of nitrogens with zero attached hydrogens (tertiary/aromatic N) is 1. The van der Waals surface area contributed by atoms with Crippen LogP contribution in [-0.4, -0.2) is 41.7 Å². The molecule has 0 aliphatic carbocycles. The Hall–Kier alpha value is -2.15. The Morgan fingerprint density at radius 3 is 2.78 bits per heavy atom. The molecule has 0 saturated heterocycles. The number of hydrogen-bond donors (Lipinski definition) is 3. The number of pyridine rings is 1. The number of carbonyl (C=O) groups is 2.